The van der Waals surface area contributed by atoms with Crippen LogP contribution in [-0.4, -0.2) is 28.7 Å². The molecule has 3 heteroatoms. The second-order valence-electron chi connectivity index (χ2n) is 5.37. The van der Waals surface area contributed by atoms with Crippen molar-refractivity contribution in [3.05, 3.63) is 41.6 Å². The maximum absolute atomic E-state index is 4.26. The van der Waals surface area contributed by atoms with E-state index in [-0.39, 0.29) is 0 Å². The maximum Gasteiger partial charge on any atom is 0.0698 e. The number of nitrogens with zero attached hydrogens (tertiary/aromatic N) is 2. The molecular weight excluding hydrogens is 246 g/mol. The van der Waals surface area contributed by atoms with Gasteiger partial charge in [-0.15, -0.1) is 0 Å². The van der Waals surface area contributed by atoms with Gasteiger partial charge in [-0.2, -0.15) is 5.10 Å². The third-order valence-corrected chi connectivity index (χ3v) is 3.72. The zero-order valence-corrected chi connectivity index (χ0v) is 12.8. The first-order valence-electron chi connectivity index (χ1n) is 7.55. The van der Waals surface area contributed by atoms with Crippen molar-refractivity contribution >= 4 is 0 Å². The van der Waals surface area contributed by atoms with Crippen molar-refractivity contribution in [3.63, 3.8) is 0 Å². The van der Waals surface area contributed by atoms with Gasteiger partial charge in [-0.25, -0.2) is 0 Å². The van der Waals surface area contributed by atoms with Gasteiger partial charge in [-0.05, 0) is 32.0 Å². The summed E-state index contributed by atoms with van der Waals surface area (Å²) in [4.78, 5) is 2.37. The topological polar surface area (TPSA) is 31.9 Å². The fraction of sp³-hybridized carbons (Fsp3) is 0.471. The summed E-state index contributed by atoms with van der Waals surface area (Å²) < 4.78 is 0. The highest BCUT2D eigenvalue weighted by molar-refractivity contribution is 5.66. The van der Waals surface area contributed by atoms with Gasteiger partial charge >= 0.3 is 0 Å². The molecule has 0 spiro atoms. The van der Waals surface area contributed by atoms with E-state index in [0.29, 0.717) is 0 Å². The summed E-state index contributed by atoms with van der Waals surface area (Å²) in [5.41, 5.74) is 5.11. The average molecular weight is 271 g/mol. The number of nitrogens with one attached hydrogen (secondary N) is 1. The second kappa shape index (κ2) is 7.25. The van der Waals surface area contributed by atoms with E-state index in [1.165, 1.54) is 35.2 Å². The molecule has 0 atom stereocenters. The quantitative estimate of drug-likeness (QED) is 0.829. The first-order chi connectivity index (χ1) is 9.76. The molecule has 1 aromatic heterocycles. The van der Waals surface area contributed by atoms with Gasteiger partial charge < -0.3 is 4.90 Å². The van der Waals surface area contributed by atoms with Gasteiger partial charge in [0.05, 0.1) is 11.9 Å². The van der Waals surface area contributed by atoms with E-state index in [4.69, 9.17) is 0 Å². The Kier molecular flexibility index (Phi) is 5.36. The number of hydrogen-bond donors (Lipinski definition) is 1. The number of H-pyrrole nitrogens is 1. The zero-order valence-electron chi connectivity index (χ0n) is 12.8. The minimum atomic E-state index is 0.948. The van der Waals surface area contributed by atoms with Gasteiger partial charge in [0, 0.05) is 17.7 Å². The van der Waals surface area contributed by atoms with Crippen LogP contribution in [0.2, 0.25) is 0 Å². The van der Waals surface area contributed by atoms with Crippen LogP contribution in [0.3, 0.4) is 0 Å². The predicted octanol–water partition coefficient (Wildman–Crippen LogP) is 3.87. The van der Waals surface area contributed by atoms with Gasteiger partial charge in [-0.3, -0.25) is 5.10 Å². The third-order valence-electron chi connectivity index (χ3n) is 3.72. The molecule has 0 aliphatic carbocycles. The smallest absolute Gasteiger partial charge is 0.0698 e. The fourth-order valence-corrected chi connectivity index (χ4v) is 2.53. The molecule has 0 amide bonds. The molecule has 0 aliphatic rings. The average Bonchev–Trinajstić information content (AvgIpc) is 2.93. The van der Waals surface area contributed by atoms with E-state index < -0.39 is 0 Å². The van der Waals surface area contributed by atoms with E-state index >= 15 is 0 Å². The number of hydrogen-bond acceptors (Lipinski definition) is 2. The van der Waals surface area contributed by atoms with E-state index in [2.05, 4.69) is 60.3 Å². The summed E-state index contributed by atoms with van der Waals surface area (Å²) in [5, 5.41) is 7.44. The van der Waals surface area contributed by atoms with E-state index in [9.17, 15) is 0 Å². The minimum absolute atomic E-state index is 0.948. The van der Waals surface area contributed by atoms with Gasteiger partial charge in [0.15, 0.2) is 0 Å². The molecule has 2 rings (SSSR count). The summed E-state index contributed by atoms with van der Waals surface area (Å²) in [6.45, 7) is 6.51. The molecule has 0 saturated heterocycles. The standard InChI is InChI=1S/C17H25N3/c1-4-6-11-20(3)13-15-12-18-19-17(15)16-10-8-7-9-14(16)5-2/h7-10,12H,4-6,11,13H2,1-3H3,(H,18,19). The Morgan fingerprint density at radius 3 is 2.70 bits per heavy atom. The van der Waals surface area contributed by atoms with Crippen LogP contribution in [0.1, 0.15) is 37.8 Å². The largest absolute Gasteiger partial charge is 0.302 e. The highest BCUT2D eigenvalue weighted by atomic mass is 15.1. The molecule has 0 radical (unpaired) electrons. The lowest BCUT2D eigenvalue weighted by atomic mass is 10.00. The number of unbranched alkanes of at least 4 members (excludes halogenated alkanes) is 1. The van der Waals surface area contributed by atoms with Crippen LogP contribution < -0.4 is 0 Å². The third kappa shape index (κ3) is 3.48. The Hall–Kier alpha value is -1.61. The molecule has 2 aromatic rings. The van der Waals surface area contributed by atoms with Crippen molar-refractivity contribution in [3.8, 4) is 11.3 Å². The van der Waals surface area contributed by atoms with Crippen molar-refractivity contribution in [1.29, 1.82) is 0 Å². The molecule has 0 unspecified atom stereocenters. The van der Waals surface area contributed by atoms with E-state index in [0.717, 1.165) is 19.5 Å². The molecule has 1 N–H and O–H groups in total. The monoisotopic (exact) mass is 271 g/mol. The maximum atomic E-state index is 4.26. The van der Waals surface area contributed by atoms with Crippen molar-refractivity contribution in [1.82, 2.24) is 15.1 Å². The first kappa shape index (κ1) is 14.8. The Morgan fingerprint density at radius 2 is 1.95 bits per heavy atom. The van der Waals surface area contributed by atoms with Gasteiger partial charge in [0.25, 0.3) is 0 Å². The normalized spacial score (nSPS) is 11.2. The van der Waals surface area contributed by atoms with Crippen molar-refractivity contribution in [2.75, 3.05) is 13.6 Å². The lowest BCUT2D eigenvalue weighted by Gasteiger charge is -2.16. The first-order valence-corrected chi connectivity index (χ1v) is 7.55. The van der Waals surface area contributed by atoms with E-state index in [1.807, 2.05) is 6.20 Å². The highest BCUT2D eigenvalue weighted by Crippen LogP contribution is 2.26. The lowest BCUT2D eigenvalue weighted by molar-refractivity contribution is 0.321. The molecule has 108 valence electrons. The van der Waals surface area contributed by atoms with Crippen LogP contribution in [0.15, 0.2) is 30.5 Å². The number of benzene rings is 1. The van der Waals surface area contributed by atoms with Crippen molar-refractivity contribution < 1.29 is 0 Å². The molecule has 3 nitrogen and oxygen atoms in total. The Morgan fingerprint density at radius 1 is 1.15 bits per heavy atom. The fourth-order valence-electron chi connectivity index (χ4n) is 2.53. The SMILES string of the molecule is CCCCN(C)Cc1cn[nH]c1-c1ccccc1CC. The molecular formula is C17H25N3. The van der Waals surface area contributed by atoms with Crippen LogP contribution >= 0.6 is 0 Å². The van der Waals surface area contributed by atoms with Crippen LogP contribution in [0.25, 0.3) is 11.3 Å². The number of aryl methyl sites for hydroxylation is 1. The van der Waals surface area contributed by atoms with Crippen molar-refractivity contribution in [2.45, 2.75) is 39.7 Å². The molecule has 0 aliphatic heterocycles. The minimum Gasteiger partial charge on any atom is -0.302 e. The zero-order chi connectivity index (χ0) is 14.4. The van der Waals surface area contributed by atoms with Crippen molar-refractivity contribution in [2.24, 2.45) is 0 Å². The molecule has 0 saturated carbocycles. The van der Waals surface area contributed by atoms with Crippen LogP contribution in [0.4, 0.5) is 0 Å². The van der Waals surface area contributed by atoms with Crippen LogP contribution in [0, 0.1) is 0 Å². The summed E-state index contributed by atoms with van der Waals surface area (Å²) >= 11 is 0. The molecule has 20 heavy (non-hydrogen) atoms. The number of rotatable bonds is 7. The number of aromatic amines is 1. The second-order valence-corrected chi connectivity index (χ2v) is 5.37. The van der Waals surface area contributed by atoms with Gasteiger partial charge in [0.2, 0.25) is 0 Å². The summed E-state index contributed by atoms with van der Waals surface area (Å²) in [5.74, 6) is 0. The van der Waals surface area contributed by atoms with Crippen LogP contribution in [-0.2, 0) is 13.0 Å². The molecule has 1 heterocycles. The number of aromatic nitrogens is 2. The highest BCUT2D eigenvalue weighted by Gasteiger charge is 2.12. The summed E-state index contributed by atoms with van der Waals surface area (Å²) in [7, 11) is 2.18. The summed E-state index contributed by atoms with van der Waals surface area (Å²) in [6, 6.07) is 8.58. The molecule has 1 aromatic carbocycles. The molecule has 0 fully saturated rings. The van der Waals surface area contributed by atoms with E-state index in [1.54, 1.807) is 0 Å². The predicted molar refractivity (Wildman–Crippen MR) is 84.6 cm³/mol. The Labute approximate surface area is 122 Å². The lowest BCUT2D eigenvalue weighted by Crippen LogP contribution is -2.19. The summed E-state index contributed by atoms with van der Waals surface area (Å²) in [6.07, 6.45) is 5.49. The molecule has 0 bridgehead atoms. The van der Waals surface area contributed by atoms with Gasteiger partial charge in [0.1, 0.15) is 0 Å². The van der Waals surface area contributed by atoms with Crippen LogP contribution in [0.5, 0.6) is 0 Å². The Balaban J connectivity index is 2.20. The van der Waals surface area contributed by atoms with Gasteiger partial charge in [-0.1, -0.05) is 44.5 Å². The Bertz CT molecular complexity index is 531.